The molecule has 0 bridgehead atoms. The Bertz CT molecular complexity index is 1090. The number of nitrogens with zero attached hydrogens (tertiary/aromatic N) is 2. The Balaban J connectivity index is 2.42. The van der Waals surface area contributed by atoms with E-state index >= 15 is 0 Å². The van der Waals surface area contributed by atoms with E-state index in [1.807, 2.05) is 0 Å². The number of carbonyl (C=O) groups excluding carboxylic acids is 2. The molecular weight excluding hydrogens is 457 g/mol. The van der Waals surface area contributed by atoms with Crippen molar-refractivity contribution >= 4 is 39.1 Å². The Morgan fingerprint density at radius 2 is 1.84 bits per heavy atom. The molecule has 0 fully saturated rings. The van der Waals surface area contributed by atoms with Crippen LogP contribution in [-0.2, 0) is 26.2 Å². The van der Waals surface area contributed by atoms with Gasteiger partial charge in [0.05, 0.1) is 11.9 Å². The Morgan fingerprint density at radius 3 is 2.41 bits per heavy atom. The minimum absolute atomic E-state index is 0.198. The average Bonchev–Trinajstić information content (AvgIpc) is 2.72. The second-order valence-corrected chi connectivity index (χ2v) is 9.70. The fourth-order valence-electron chi connectivity index (χ4n) is 3.07. The van der Waals surface area contributed by atoms with Gasteiger partial charge in [0.15, 0.2) is 0 Å². The molecule has 0 saturated heterocycles. The van der Waals surface area contributed by atoms with Gasteiger partial charge in [-0.15, -0.1) is 0 Å². The molecule has 0 heterocycles. The molecule has 7 nitrogen and oxygen atoms in total. The predicted octanol–water partition coefficient (Wildman–Crippen LogP) is 3.11. The summed E-state index contributed by atoms with van der Waals surface area (Å²) in [6.07, 6.45) is 0.975. The molecule has 0 spiro atoms. The van der Waals surface area contributed by atoms with Gasteiger partial charge in [-0.05, 0) is 44.5 Å². The van der Waals surface area contributed by atoms with Crippen molar-refractivity contribution in [2.75, 3.05) is 23.7 Å². The molecule has 10 heteroatoms. The number of benzene rings is 2. The highest BCUT2D eigenvalue weighted by atomic mass is 35.5. The van der Waals surface area contributed by atoms with Crippen molar-refractivity contribution in [3.63, 3.8) is 0 Å². The van der Waals surface area contributed by atoms with Crippen molar-refractivity contribution in [1.29, 1.82) is 0 Å². The molecular formula is C22H27ClFN3O4S. The van der Waals surface area contributed by atoms with Gasteiger partial charge in [0, 0.05) is 23.7 Å². The number of rotatable bonds is 9. The van der Waals surface area contributed by atoms with Crippen LogP contribution in [0.5, 0.6) is 0 Å². The van der Waals surface area contributed by atoms with Gasteiger partial charge in [0.1, 0.15) is 18.4 Å². The number of amides is 2. The highest BCUT2D eigenvalue weighted by Crippen LogP contribution is 2.25. The number of aryl methyl sites for hydroxylation is 1. The number of sulfonamides is 1. The molecule has 2 aromatic carbocycles. The second-order valence-electron chi connectivity index (χ2n) is 7.39. The molecule has 0 saturated carbocycles. The minimum Gasteiger partial charge on any atom is -0.355 e. The fraction of sp³-hybridized carbons (Fsp3) is 0.364. The summed E-state index contributed by atoms with van der Waals surface area (Å²) in [5.74, 6) is -1.62. The van der Waals surface area contributed by atoms with Crippen molar-refractivity contribution in [3.8, 4) is 0 Å². The van der Waals surface area contributed by atoms with E-state index in [4.69, 9.17) is 11.6 Å². The topological polar surface area (TPSA) is 86.8 Å². The van der Waals surface area contributed by atoms with Crippen molar-refractivity contribution in [1.82, 2.24) is 10.2 Å². The van der Waals surface area contributed by atoms with Gasteiger partial charge in [-0.3, -0.25) is 13.9 Å². The van der Waals surface area contributed by atoms with Crippen molar-refractivity contribution in [2.45, 2.75) is 33.4 Å². The zero-order chi connectivity index (χ0) is 24.1. The van der Waals surface area contributed by atoms with E-state index in [0.717, 1.165) is 21.0 Å². The van der Waals surface area contributed by atoms with Gasteiger partial charge in [-0.2, -0.15) is 0 Å². The van der Waals surface area contributed by atoms with E-state index in [-0.39, 0.29) is 17.8 Å². The molecule has 174 valence electrons. The largest absolute Gasteiger partial charge is 0.355 e. The molecule has 0 aliphatic heterocycles. The number of likely N-dealkylation sites (N-methyl/N-ethyl adjacent to an activating group) is 1. The molecule has 1 N–H and O–H groups in total. The lowest BCUT2D eigenvalue weighted by molar-refractivity contribution is -0.139. The van der Waals surface area contributed by atoms with Gasteiger partial charge < -0.3 is 10.2 Å². The lowest BCUT2D eigenvalue weighted by Gasteiger charge is -2.31. The zero-order valence-electron chi connectivity index (χ0n) is 18.4. The smallest absolute Gasteiger partial charge is 0.244 e. The van der Waals surface area contributed by atoms with Crippen molar-refractivity contribution in [3.05, 3.63) is 64.4 Å². The van der Waals surface area contributed by atoms with Crippen LogP contribution in [0.3, 0.4) is 0 Å². The summed E-state index contributed by atoms with van der Waals surface area (Å²) in [4.78, 5) is 26.9. The van der Waals surface area contributed by atoms with E-state index in [2.05, 4.69) is 5.32 Å². The van der Waals surface area contributed by atoms with Crippen molar-refractivity contribution < 1.29 is 22.4 Å². The van der Waals surface area contributed by atoms with Crippen LogP contribution in [0.2, 0.25) is 5.02 Å². The summed E-state index contributed by atoms with van der Waals surface area (Å²) < 4.78 is 40.1. The number of hydrogen-bond acceptors (Lipinski definition) is 4. The average molecular weight is 484 g/mol. The van der Waals surface area contributed by atoms with E-state index in [9.17, 15) is 22.4 Å². The van der Waals surface area contributed by atoms with Gasteiger partial charge in [-0.1, -0.05) is 35.9 Å². The van der Waals surface area contributed by atoms with E-state index in [1.165, 1.54) is 31.2 Å². The van der Waals surface area contributed by atoms with Crippen LogP contribution in [0, 0.1) is 12.7 Å². The van der Waals surface area contributed by atoms with Gasteiger partial charge in [0.25, 0.3) is 0 Å². The zero-order valence-corrected chi connectivity index (χ0v) is 20.0. The Kier molecular flexibility index (Phi) is 8.63. The highest BCUT2D eigenvalue weighted by molar-refractivity contribution is 7.92. The number of nitrogens with one attached hydrogen (secondary N) is 1. The third-order valence-corrected chi connectivity index (χ3v) is 6.49. The number of hydrogen-bond donors (Lipinski definition) is 1. The summed E-state index contributed by atoms with van der Waals surface area (Å²) in [5, 5.41) is 2.98. The van der Waals surface area contributed by atoms with Gasteiger partial charge in [0.2, 0.25) is 21.8 Å². The molecule has 2 amide bonds. The first kappa shape index (κ1) is 25.6. The molecule has 1 atom stereocenters. The van der Waals surface area contributed by atoms with E-state index in [1.54, 1.807) is 32.0 Å². The molecule has 2 aromatic rings. The SMILES string of the molecule is CCNC(=O)[C@H](C)N(Cc1ccccc1F)C(=O)CN(c1ccc(C)c(Cl)c1)S(C)(=O)=O. The molecule has 0 radical (unpaired) electrons. The van der Waals surface area contributed by atoms with Crippen LogP contribution in [0.1, 0.15) is 25.0 Å². The standard InChI is InChI=1S/C22H27ClFN3O4S/c1-5-25-22(29)16(3)26(13-17-8-6-7-9-20(17)24)21(28)14-27(32(4,30)31)18-11-10-15(2)19(23)12-18/h6-12,16H,5,13-14H2,1-4H3,(H,25,29)/t16-/m0/s1. The Morgan fingerprint density at radius 1 is 1.19 bits per heavy atom. The first-order valence-electron chi connectivity index (χ1n) is 10.00. The Labute approximate surface area is 193 Å². The third kappa shape index (κ3) is 6.43. The third-order valence-electron chi connectivity index (χ3n) is 4.94. The maximum Gasteiger partial charge on any atom is 0.244 e. The van der Waals surface area contributed by atoms with Crippen LogP contribution in [-0.4, -0.2) is 50.5 Å². The lowest BCUT2D eigenvalue weighted by Crippen LogP contribution is -2.51. The van der Waals surface area contributed by atoms with Gasteiger partial charge >= 0.3 is 0 Å². The summed E-state index contributed by atoms with van der Waals surface area (Å²) in [7, 11) is -3.86. The predicted molar refractivity (Wildman–Crippen MR) is 123 cm³/mol. The van der Waals surface area contributed by atoms with Crippen LogP contribution in [0.25, 0.3) is 0 Å². The highest BCUT2D eigenvalue weighted by Gasteiger charge is 2.30. The maximum atomic E-state index is 14.3. The van der Waals surface area contributed by atoms with Gasteiger partial charge in [-0.25, -0.2) is 12.8 Å². The number of halogens is 2. The second kappa shape index (κ2) is 10.8. The first-order valence-corrected chi connectivity index (χ1v) is 12.2. The molecule has 0 unspecified atom stereocenters. The number of carbonyl (C=O) groups is 2. The molecule has 0 aliphatic rings. The summed E-state index contributed by atoms with van der Waals surface area (Å²) in [6, 6.07) is 9.60. The van der Waals surface area contributed by atoms with Crippen LogP contribution >= 0.6 is 11.6 Å². The Hall–Kier alpha value is -2.65. The van der Waals surface area contributed by atoms with Crippen LogP contribution in [0.15, 0.2) is 42.5 Å². The summed E-state index contributed by atoms with van der Waals surface area (Å²) in [5.41, 5.74) is 1.18. The molecule has 0 aromatic heterocycles. The quantitative estimate of drug-likeness (QED) is 0.593. The maximum absolute atomic E-state index is 14.3. The lowest BCUT2D eigenvalue weighted by atomic mass is 10.1. The van der Waals surface area contributed by atoms with Crippen molar-refractivity contribution in [2.24, 2.45) is 0 Å². The van der Waals surface area contributed by atoms with Crippen LogP contribution < -0.4 is 9.62 Å². The number of anilines is 1. The van der Waals surface area contributed by atoms with E-state index < -0.39 is 40.2 Å². The molecule has 0 aliphatic carbocycles. The first-order chi connectivity index (χ1) is 15.0. The molecule has 32 heavy (non-hydrogen) atoms. The minimum atomic E-state index is -3.86. The summed E-state index contributed by atoms with van der Waals surface area (Å²) >= 11 is 6.15. The molecule has 2 rings (SSSR count). The van der Waals surface area contributed by atoms with E-state index in [0.29, 0.717) is 11.6 Å². The van der Waals surface area contributed by atoms with Crippen LogP contribution in [0.4, 0.5) is 10.1 Å². The monoisotopic (exact) mass is 483 g/mol. The summed E-state index contributed by atoms with van der Waals surface area (Å²) in [6.45, 7) is 4.60. The normalized spacial score (nSPS) is 12.2. The fourth-order valence-corrected chi connectivity index (χ4v) is 4.08.